The summed E-state index contributed by atoms with van der Waals surface area (Å²) in [5.41, 5.74) is 1.35. The van der Waals surface area contributed by atoms with Gasteiger partial charge in [-0.15, -0.1) is 0 Å². The molecule has 21 heavy (non-hydrogen) atoms. The molecule has 0 aromatic heterocycles. The molecule has 0 atom stereocenters. The molecule has 0 aliphatic carbocycles. The minimum Gasteiger partial charge on any atom is -0.491 e. The van der Waals surface area contributed by atoms with Gasteiger partial charge in [0.2, 0.25) is 0 Å². The Hall–Kier alpha value is -0.870. The van der Waals surface area contributed by atoms with Gasteiger partial charge in [0.1, 0.15) is 12.4 Å². The van der Waals surface area contributed by atoms with Crippen LogP contribution in [0.1, 0.15) is 39.7 Å². The average Bonchev–Trinajstić information content (AvgIpc) is 2.32. The molecule has 2 N–H and O–H groups in total. The highest BCUT2D eigenvalue weighted by Crippen LogP contribution is 2.35. The van der Waals surface area contributed by atoms with Gasteiger partial charge in [0.15, 0.2) is 0 Å². The number of hydrogen-bond donors (Lipinski definition) is 2. The first-order chi connectivity index (χ1) is 9.60. The first kappa shape index (κ1) is 18.2. The summed E-state index contributed by atoms with van der Waals surface area (Å²) in [5.74, 6) is 1.29. The molecule has 0 unspecified atom stereocenters. The van der Waals surface area contributed by atoms with Crippen molar-refractivity contribution >= 4 is 7.82 Å². The predicted octanol–water partition coefficient (Wildman–Crippen LogP) is 3.50. The van der Waals surface area contributed by atoms with E-state index < -0.39 is 7.82 Å². The minimum absolute atomic E-state index is 0.0971. The fourth-order valence-corrected chi connectivity index (χ4v) is 2.77. The maximum absolute atomic E-state index is 10.5. The zero-order valence-electron chi connectivity index (χ0n) is 13.1. The monoisotopic (exact) mass is 316 g/mol. The number of phosphoric acid groups is 1. The molecule has 5 nitrogen and oxygen atoms in total. The van der Waals surface area contributed by atoms with Crippen molar-refractivity contribution in [3.05, 3.63) is 29.8 Å². The molecule has 6 heteroatoms. The summed E-state index contributed by atoms with van der Waals surface area (Å²) in [4.78, 5) is 17.1. The molecule has 120 valence electrons. The molecule has 0 saturated heterocycles. The first-order valence-electron chi connectivity index (χ1n) is 7.03. The van der Waals surface area contributed by atoms with E-state index in [0.29, 0.717) is 11.7 Å². The SMILES string of the molecule is CC(C)CC(C)(C)c1ccc(OCCOP(=O)(O)O)cc1. The zero-order valence-corrected chi connectivity index (χ0v) is 14.0. The fraction of sp³-hybridized carbons (Fsp3) is 0.600. The van der Waals surface area contributed by atoms with Gasteiger partial charge in [0.05, 0.1) is 6.61 Å². The van der Waals surface area contributed by atoms with Crippen LogP contribution in [0.2, 0.25) is 0 Å². The van der Waals surface area contributed by atoms with Crippen molar-refractivity contribution < 1.29 is 23.6 Å². The molecule has 0 radical (unpaired) electrons. The summed E-state index contributed by atoms with van der Waals surface area (Å²) in [5, 5.41) is 0. The van der Waals surface area contributed by atoms with Crippen LogP contribution in [-0.2, 0) is 14.5 Å². The largest absolute Gasteiger partial charge is 0.491 e. The number of hydrogen-bond acceptors (Lipinski definition) is 3. The molecule has 0 heterocycles. The summed E-state index contributed by atoms with van der Waals surface area (Å²) in [6.07, 6.45) is 1.10. The maximum atomic E-state index is 10.5. The Kier molecular flexibility index (Phi) is 6.41. The Bertz CT molecular complexity index is 475. The topological polar surface area (TPSA) is 76.0 Å². The molecule has 0 aliphatic rings. The molecule has 0 spiro atoms. The van der Waals surface area contributed by atoms with E-state index in [1.807, 2.05) is 24.3 Å². The molecule has 1 aromatic carbocycles. The van der Waals surface area contributed by atoms with Crippen LogP contribution in [0.3, 0.4) is 0 Å². The predicted molar refractivity (Wildman–Crippen MR) is 82.4 cm³/mol. The lowest BCUT2D eigenvalue weighted by molar-refractivity contribution is 0.160. The van der Waals surface area contributed by atoms with Crippen LogP contribution in [0, 0.1) is 5.92 Å². The highest BCUT2D eigenvalue weighted by atomic mass is 31.2. The average molecular weight is 316 g/mol. The van der Waals surface area contributed by atoms with Gasteiger partial charge in [-0.2, -0.15) is 0 Å². The molecule has 0 saturated carbocycles. The maximum Gasteiger partial charge on any atom is 0.469 e. The normalized spacial score (nSPS) is 12.7. The third-order valence-corrected chi connectivity index (χ3v) is 3.68. The van der Waals surface area contributed by atoms with Crippen LogP contribution in [0.15, 0.2) is 24.3 Å². The van der Waals surface area contributed by atoms with Gasteiger partial charge in [-0.25, -0.2) is 4.57 Å². The van der Waals surface area contributed by atoms with E-state index in [4.69, 9.17) is 14.5 Å². The van der Waals surface area contributed by atoms with Crippen LogP contribution in [0.5, 0.6) is 5.75 Å². The van der Waals surface area contributed by atoms with Gasteiger partial charge in [-0.1, -0.05) is 39.8 Å². The first-order valence-corrected chi connectivity index (χ1v) is 8.56. The summed E-state index contributed by atoms with van der Waals surface area (Å²) in [6.45, 7) is 8.80. The summed E-state index contributed by atoms with van der Waals surface area (Å²) in [6, 6.07) is 7.80. The van der Waals surface area contributed by atoms with E-state index >= 15 is 0 Å². The van der Waals surface area contributed by atoms with E-state index in [1.54, 1.807) is 0 Å². The Balaban J connectivity index is 2.52. The van der Waals surface area contributed by atoms with E-state index in [-0.39, 0.29) is 18.6 Å². The molecule has 0 bridgehead atoms. The Labute approximate surface area is 126 Å². The second-order valence-corrected chi connectivity index (χ2v) is 7.42. The molecular formula is C15H25O5P. The van der Waals surface area contributed by atoms with Gasteiger partial charge in [-0.05, 0) is 35.4 Å². The lowest BCUT2D eigenvalue weighted by Gasteiger charge is -2.27. The molecule has 0 aliphatic heterocycles. The van der Waals surface area contributed by atoms with E-state index in [9.17, 15) is 4.57 Å². The van der Waals surface area contributed by atoms with Gasteiger partial charge >= 0.3 is 7.82 Å². The molecule has 1 aromatic rings. The van der Waals surface area contributed by atoms with Crippen LogP contribution >= 0.6 is 7.82 Å². The minimum atomic E-state index is -4.41. The smallest absolute Gasteiger partial charge is 0.469 e. The fourth-order valence-electron chi connectivity index (χ4n) is 2.46. The van der Waals surface area contributed by atoms with Crippen molar-refractivity contribution in [3.8, 4) is 5.75 Å². The highest BCUT2D eigenvalue weighted by molar-refractivity contribution is 7.46. The second-order valence-electron chi connectivity index (χ2n) is 6.18. The third-order valence-electron chi connectivity index (χ3n) is 3.17. The summed E-state index contributed by atoms with van der Waals surface area (Å²) < 4.78 is 20.2. The van der Waals surface area contributed by atoms with Gasteiger partial charge in [0.25, 0.3) is 0 Å². The van der Waals surface area contributed by atoms with Crippen molar-refractivity contribution in [1.29, 1.82) is 0 Å². The van der Waals surface area contributed by atoms with Gasteiger partial charge in [-0.3, -0.25) is 4.52 Å². The van der Waals surface area contributed by atoms with E-state index in [0.717, 1.165) is 6.42 Å². The Morgan fingerprint density at radius 3 is 2.19 bits per heavy atom. The third kappa shape index (κ3) is 7.09. The Morgan fingerprint density at radius 2 is 1.71 bits per heavy atom. The quantitative estimate of drug-likeness (QED) is 0.567. The van der Waals surface area contributed by atoms with Gasteiger partial charge in [0, 0.05) is 0 Å². The number of benzene rings is 1. The van der Waals surface area contributed by atoms with Crippen LogP contribution < -0.4 is 4.74 Å². The number of ether oxygens (including phenoxy) is 1. The van der Waals surface area contributed by atoms with Crippen molar-refractivity contribution in [3.63, 3.8) is 0 Å². The molecule has 1 rings (SSSR count). The summed E-state index contributed by atoms with van der Waals surface area (Å²) >= 11 is 0. The van der Waals surface area contributed by atoms with Gasteiger partial charge < -0.3 is 14.5 Å². The van der Waals surface area contributed by atoms with Crippen LogP contribution in [0.4, 0.5) is 0 Å². The zero-order chi connectivity index (χ0) is 16.1. The van der Waals surface area contributed by atoms with Crippen molar-refractivity contribution in [2.45, 2.75) is 39.5 Å². The highest BCUT2D eigenvalue weighted by Gasteiger charge is 2.21. The van der Waals surface area contributed by atoms with E-state index in [2.05, 4.69) is 32.2 Å². The van der Waals surface area contributed by atoms with Crippen molar-refractivity contribution in [2.75, 3.05) is 13.2 Å². The van der Waals surface area contributed by atoms with Crippen LogP contribution in [-0.4, -0.2) is 23.0 Å². The standard InChI is InChI=1S/C15H25O5P/c1-12(2)11-15(3,4)13-5-7-14(8-6-13)19-9-10-20-21(16,17)18/h5-8,12H,9-11H2,1-4H3,(H2,16,17,18). The Morgan fingerprint density at radius 1 is 1.14 bits per heavy atom. The number of rotatable bonds is 8. The van der Waals surface area contributed by atoms with E-state index in [1.165, 1.54) is 5.56 Å². The van der Waals surface area contributed by atoms with Crippen LogP contribution in [0.25, 0.3) is 0 Å². The van der Waals surface area contributed by atoms with Crippen molar-refractivity contribution in [1.82, 2.24) is 0 Å². The molecule has 0 fully saturated rings. The second kappa shape index (κ2) is 7.41. The van der Waals surface area contributed by atoms with Crippen molar-refractivity contribution in [2.24, 2.45) is 5.92 Å². The summed E-state index contributed by atoms with van der Waals surface area (Å²) in [7, 11) is -4.41. The lowest BCUT2D eigenvalue weighted by Crippen LogP contribution is -2.19. The number of phosphoric ester groups is 1. The lowest BCUT2D eigenvalue weighted by atomic mass is 9.78. The molecular weight excluding hydrogens is 291 g/mol. The molecule has 0 amide bonds.